The molecule has 30 heavy (non-hydrogen) atoms. The first kappa shape index (κ1) is 23.2. The van der Waals surface area contributed by atoms with Gasteiger partial charge in [-0.2, -0.15) is 0 Å². The number of hydrogen-bond donors (Lipinski definition) is 2. The third-order valence-corrected chi connectivity index (χ3v) is 7.26. The number of benzene rings is 1. The van der Waals surface area contributed by atoms with E-state index in [1.165, 1.54) is 5.56 Å². The minimum absolute atomic E-state index is 0.00384. The van der Waals surface area contributed by atoms with Crippen molar-refractivity contribution in [3.63, 3.8) is 0 Å². The number of nitrogens with zero attached hydrogens (tertiary/aromatic N) is 3. The Hall–Kier alpha value is -1.51. The zero-order valence-corrected chi connectivity index (χ0v) is 18.9. The van der Waals surface area contributed by atoms with Crippen molar-refractivity contribution in [1.82, 2.24) is 20.0 Å². The molecule has 2 N–H and O–H groups in total. The number of methoxy groups -OCH3 is 1. The average Bonchev–Trinajstić information content (AvgIpc) is 3.00. The second kappa shape index (κ2) is 9.75. The molecule has 1 aromatic rings. The molecule has 1 aliphatic heterocycles. The van der Waals surface area contributed by atoms with E-state index in [1.807, 2.05) is 4.90 Å². The number of carbonyl (C=O) groups excluding carboxylic acids is 1. The molecule has 1 aromatic carbocycles. The van der Waals surface area contributed by atoms with Crippen LogP contribution in [-0.4, -0.2) is 92.1 Å². The first-order valence-corrected chi connectivity index (χ1v) is 11.0. The summed E-state index contributed by atoms with van der Waals surface area (Å²) in [7, 11) is 7.69. The Bertz CT molecular complexity index is 689. The van der Waals surface area contributed by atoms with E-state index in [2.05, 4.69) is 59.5 Å². The van der Waals surface area contributed by atoms with Gasteiger partial charge in [0.1, 0.15) is 0 Å². The van der Waals surface area contributed by atoms with Gasteiger partial charge in [0.25, 0.3) is 0 Å². The molecule has 1 atom stereocenters. The van der Waals surface area contributed by atoms with Gasteiger partial charge in [-0.1, -0.05) is 30.3 Å². The Morgan fingerprint density at radius 2 is 1.90 bits per heavy atom. The Labute approximate surface area is 181 Å². The predicted octanol–water partition coefficient (Wildman–Crippen LogP) is 1.43. The van der Waals surface area contributed by atoms with Crippen LogP contribution in [0.15, 0.2) is 30.3 Å². The van der Waals surface area contributed by atoms with Crippen LogP contribution in [0.5, 0.6) is 0 Å². The zero-order valence-electron chi connectivity index (χ0n) is 18.9. The van der Waals surface area contributed by atoms with Crippen molar-refractivity contribution < 1.29 is 14.6 Å². The molecule has 1 aliphatic carbocycles. The van der Waals surface area contributed by atoms with E-state index < -0.39 is 6.35 Å². The molecule has 1 amide bonds. The second-order valence-electron chi connectivity index (χ2n) is 8.98. The number of likely N-dealkylation sites (N-methyl/N-ethyl adjacent to an activating group) is 1. The second-order valence-corrected chi connectivity index (χ2v) is 8.98. The SMILES string of the molecule is CNC(=O)CN1C[C@]2(CC[C@](c3ccccc3)(N(C)C)CC2)N(CCCOC)C1O. The van der Waals surface area contributed by atoms with Crippen LogP contribution >= 0.6 is 0 Å². The molecule has 1 saturated carbocycles. The highest BCUT2D eigenvalue weighted by molar-refractivity contribution is 5.77. The zero-order chi connectivity index (χ0) is 21.8. The van der Waals surface area contributed by atoms with E-state index in [0.717, 1.165) is 38.6 Å². The van der Waals surface area contributed by atoms with Gasteiger partial charge < -0.3 is 15.2 Å². The van der Waals surface area contributed by atoms with Crippen LogP contribution in [0.1, 0.15) is 37.7 Å². The van der Waals surface area contributed by atoms with Crippen LogP contribution in [0.3, 0.4) is 0 Å². The summed E-state index contributed by atoms with van der Waals surface area (Å²) in [5.41, 5.74) is 1.25. The van der Waals surface area contributed by atoms with Crippen LogP contribution in [0.25, 0.3) is 0 Å². The van der Waals surface area contributed by atoms with Crippen LogP contribution in [0, 0.1) is 0 Å². The van der Waals surface area contributed by atoms with E-state index in [4.69, 9.17) is 4.74 Å². The first-order valence-electron chi connectivity index (χ1n) is 11.0. The number of amides is 1. The maximum absolute atomic E-state index is 12.0. The molecule has 0 bridgehead atoms. The largest absolute Gasteiger partial charge is 0.385 e. The van der Waals surface area contributed by atoms with Crippen molar-refractivity contribution in [3.8, 4) is 0 Å². The summed E-state index contributed by atoms with van der Waals surface area (Å²) < 4.78 is 5.25. The van der Waals surface area contributed by atoms with Gasteiger partial charge >= 0.3 is 0 Å². The van der Waals surface area contributed by atoms with Crippen LogP contribution in [-0.2, 0) is 15.1 Å². The van der Waals surface area contributed by atoms with Gasteiger partial charge in [0, 0.05) is 44.9 Å². The summed E-state index contributed by atoms with van der Waals surface area (Å²) in [6, 6.07) is 10.8. The van der Waals surface area contributed by atoms with Gasteiger partial charge in [0.15, 0.2) is 6.35 Å². The quantitative estimate of drug-likeness (QED) is 0.623. The van der Waals surface area contributed by atoms with E-state index >= 15 is 0 Å². The average molecular weight is 419 g/mol. The summed E-state index contributed by atoms with van der Waals surface area (Å²) in [5.74, 6) is -0.0642. The first-order chi connectivity index (χ1) is 14.4. The summed E-state index contributed by atoms with van der Waals surface area (Å²) in [4.78, 5) is 18.5. The van der Waals surface area contributed by atoms with Crippen molar-refractivity contribution in [1.29, 1.82) is 0 Å². The lowest BCUT2D eigenvalue weighted by Gasteiger charge is -2.51. The number of carbonyl (C=O) groups is 1. The van der Waals surface area contributed by atoms with Gasteiger partial charge in [-0.3, -0.25) is 19.5 Å². The molecule has 7 heteroatoms. The number of aliphatic hydroxyl groups excluding tert-OH is 1. The molecule has 168 valence electrons. The summed E-state index contributed by atoms with van der Waals surface area (Å²) >= 11 is 0. The number of hydrogen-bond acceptors (Lipinski definition) is 6. The van der Waals surface area contributed by atoms with E-state index in [9.17, 15) is 9.90 Å². The molecule has 1 unspecified atom stereocenters. The third-order valence-electron chi connectivity index (χ3n) is 7.26. The Balaban J connectivity index is 1.82. The highest BCUT2D eigenvalue weighted by Crippen LogP contribution is 2.49. The van der Waals surface area contributed by atoms with Crippen LogP contribution < -0.4 is 5.32 Å². The Morgan fingerprint density at radius 1 is 1.23 bits per heavy atom. The lowest BCUT2D eigenvalue weighted by molar-refractivity contribution is -0.128. The van der Waals surface area contributed by atoms with Crippen molar-refractivity contribution in [2.45, 2.75) is 49.5 Å². The summed E-state index contributed by atoms with van der Waals surface area (Å²) in [6.45, 7) is 2.37. The van der Waals surface area contributed by atoms with Crippen molar-refractivity contribution in [2.24, 2.45) is 0 Å². The van der Waals surface area contributed by atoms with Crippen LogP contribution in [0.4, 0.5) is 0 Å². The van der Waals surface area contributed by atoms with Gasteiger partial charge in [-0.05, 0) is 51.8 Å². The van der Waals surface area contributed by atoms with Gasteiger partial charge in [0.2, 0.25) is 5.91 Å². The molecule has 1 spiro atoms. The molecule has 1 saturated heterocycles. The van der Waals surface area contributed by atoms with Gasteiger partial charge in [0.05, 0.1) is 6.54 Å². The molecular formula is C23H38N4O3. The van der Waals surface area contributed by atoms with Crippen LogP contribution in [0.2, 0.25) is 0 Å². The molecule has 1 heterocycles. The number of rotatable bonds is 8. The topological polar surface area (TPSA) is 68.3 Å². The van der Waals surface area contributed by atoms with Crippen molar-refractivity contribution >= 4 is 5.91 Å². The highest BCUT2D eigenvalue weighted by atomic mass is 16.5. The number of nitrogens with one attached hydrogen (secondary N) is 1. The highest BCUT2D eigenvalue weighted by Gasteiger charge is 2.54. The Kier molecular flexibility index (Phi) is 7.52. The van der Waals surface area contributed by atoms with Crippen molar-refractivity contribution in [3.05, 3.63) is 35.9 Å². The van der Waals surface area contributed by atoms with E-state index in [0.29, 0.717) is 13.2 Å². The fraction of sp³-hybridized carbons (Fsp3) is 0.696. The fourth-order valence-electron chi connectivity index (χ4n) is 5.44. The summed E-state index contributed by atoms with van der Waals surface area (Å²) in [5, 5.41) is 13.8. The Morgan fingerprint density at radius 3 is 2.47 bits per heavy atom. The molecule has 3 rings (SSSR count). The van der Waals surface area contributed by atoms with Gasteiger partial charge in [-0.25, -0.2) is 0 Å². The smallest absolute Gasteiger partial charge is 0.234 e. The fourth-order valence-corrected chi connectivity index (χ4v) is 5.44. The van der Waals surface area contributed by atoms with Gasteiger partial charge in [-0.15, -0.1) is 0 Å². The monoisotopic (exact) mass is 418 g/mol. The van der Waals surface area contributed by atoms with Crippen molar-refractivity contribution in [2.75, 3.05) is 54.5 Å². The minimum atomic E-state index is -0.734. The molecule has 0 aromatic heterocycles. The molecule has 0 radical (unpaired) electrons. The molecule has 7 nitrogen and oxygen atoms in total. The molecular weight excluding hydrogens is 380 g/mol. The lowest BCUT2D eigenvalue weighted by atomic mass is 9.68. The number of aliphatic hydroxyl groups is 1. The van der Waals surface area contributed by atoms with E-state index in [1.54, 1.807) is 14.2 Å². The third kappa shape index (κ3) is 4.41. The minimum Gasteiger partial charge on any atom is -0.385 e. The standard InChI is InChI=1S/C23H38N4O3/c1-24-20(28)17-26-18-22(27(21(26)29)15-8-16-30-4)11-13-23(14-12-22,25(2)3)19-9-6-5-7-10-19/h5-7,9-10,21,29H,8,11-18H2,1-4H3,(H,24,28)/t21?,22-,23+. The normalized spacial score (nSPS) is 30.3. The van der Waals surface area contributed by atoms with E-state index in [-0.39, 0.29) is 23.5 Å². The molecule has 2 fully saturated rings. The lowest BCUT2D eigenvalue weighted by Crippen LogP contribution is -2.56. The molecule has 2 aliphatic rings. The maximum atomic E-state index is 12.0. The predicted molar refractivity (Wildman–Crippen MR) is 118 cm³/mol. The summed E-state index contributed by atoms with van der Waals surface area (Å²) in [6.07, 6.45) is 4.13. The maximum Gasteiger partial charge on any atom is 0.234 e. The number of ether oxygens (including phenoxy) is 1.